The third kappa shape index (κ3) is 4.86. The van der Waals surface area contributed by atoms with Crippen molar-refractivity contribution in [3.8, 4) is 11.5 Å². The van der Waals surface area contributed by atoms with E-state index in [1.165, 1.54) is 11.8 Å². The Morgan fingerprint density at radius 3 is 2.35 bits per heavy atom. The van der Waals surface area contributed by atoms with E-state index in [9.17, 15) is 4.79 Å². The van der Waals surface area contributed by atoms with Gasteiger partial charge in [0.15, 0.2) is 5.16 Å². The minimum absolute atomic E-state index is 0.0976. The third-order valence-corrected chi connectivity index (χ3v) is 5.17. The number of anilines is 1. The first-order valence-corrected chi connectivity index (χ1v) is 9.53. The van der Waals surface area contributed by atoms with Crippen molar-refractivity contribution in [2.24, 2.45) is 7.05 Å². The summed E-state index contributed by atoms with van der Waals surface area (Å²) in [6, 6.07) is 14.9. The first kappa shape index (κ1) is 18.5. The number of amides is 1. The van der Waals surface area contributed by atoms with Crippen LogP contribution in [0, 0.1) is 0 Å². The van der Waals surface area contributed by atoms with Crippen LogP contribution in [0.3, 0.4) is 0 Å². The van der Waals surface area contributed by atoms with Crippen molar-refractivity contribution in [3.05, 3.63) is 59.3 Å². The number of carbonyl (C=O) groups is 1. The van der Waals surface area contributed by atoms with Crippen LogP contribution >= 0.6 is 27.7 Å². The number of thioether (sulfide) groups is 1. The van der Waals surface area contributed by atoms with Crippen LogP contribution < -0.4 is 10.1 Å². The molecule has 0 spiro atoms. The molecule has 0 radical (unpaired) electrons. The molecule has 0 aliphatic heterocycles. The molecule has 1 amide bonds. The summed E-state index contributed by atoms with van der Waals surface area (Å²) in [4.78, 5) is 12.3. The lowest BCUT2D eigenvalue weighted by atomic mass is 10.3. The maximum Gasteiger partial charge on any atom is 0.237 e. The lowest BCUT2D eigenvalue weighted by molar-refractivity contribution is -0.115. The van der Waals surface area contributed by atoms with Crippen LogP contribution in [0.2, 0.25) is 0 Å². The number of halogens is 1. The molecule has 1 heterocycles. The average Bonchev–Trinajstić information content (AvgIpc) is 3.03. The maximum absolute atomic E-state index is 12.3. The van der Waals surface area contributed by atoms with E-state index in [1.54, 1.807) is 10.9 Å². The van der Waals surface area contributed by atoms with E-state index in [1.807, 2.05) is 62.5 Å². The largest absolute Gasteiger partial charge is 0.457 e. The van der Waals surface area contributed by atoms with E-state index in [2.05, 4.69) is 31.4 Å². The van der Waals surface area contributed by atoms with E-state index in [0.29, 0.717) is 16.6 Å². The van der Waals surface area contributed by atoms with Crippen molar-refractivity contribution < 1.29 is 9.53 Å². The van der Waals surface area contributed by atoms with E-state index in [4.69, 9.17) is 4.74 Å². The number of hydrogen-bond donors (Lipinski definition) is 1. The predicted octanol–water partition coefficient (Wildman–Crippen LogP) is 4.49. The summed E-state index contributed by atoms with van der Waals surface area (Å²) in [5.74, 6) is 1.35. The SMILES string of the molecule is CC(Sc1nncn1C)C(=O)Nc1ccc(Oc2ccc(Br)cc2)cc1. The summed E-state index contributed by atoms with van der Waals surface area (Å²) in [5, 5.41) is 11.1. The number of hydrogen-bond acceptors (Lipinski definition) is 5. The molecule has 1 aromatic heterocycles. The van der Waals surface area contributed by atoms with Crippen LogP contribution in [-0.2, 0) is 11.8 Å². The fourth-order valence-corrected chi connectivity index (χ4v) is 3.13. The molecule has 0 fully saturated rings. The fourth-order valence-electron chi connectivity index (χ4n) is 2.08. The van der Waals surface area contributed by atoms with Crippen molar-refractivity contribution >= 4 is 39.3 Å². The normalized spacial score (nSPS) is 11.8. The highest BCUT2D eigenvalue weighted by Crippen LogP contribution is 2.25. The molecule has 8 heteroatoms. The maximum atomic E-state index is 12.3. The molecule has 1 unspecified atom stereocenters. The molecule has 1 N–H and O–H groups in total. The lowest BCUT2D eigenvalue weighted by Crippen LogP contribution is -2.22. The zero-order chi connectivity index (χ0) is 18.5. The number of aromatic nitrogens is 3. The van der Waals surface area contributed by atoms with Gasteiger partial charge in [-0.2, -0.15) is 0 Å². The number of carbonyl (C=O) groups excluding carboxylic acids is 1. The standard InChI is InChI=1S/C18H17BrN4O2S/c1-12(26-18-22-20-11-23(18)2)17(24)21-14-5-9-16(10-6-14)25-15-7-3-13(19)4-8-15/h3-12H,1-2H3,(H,21,24). The van der Waals surface area contributed by atoms with Crippen LogP contribution in [0.25, 0.3) is 0 Å². The minimum atomic E-state index is -0.295. The van der Waals surface area contributed by atoms with Gasteiger partial charge in [-0.3, -0.25) is 4.79 Å². The molecule has 26 heavy (non-hydrogen) atoms. The van der Waals surface area contributed by atoms with E-state index in [0.717, 1.165) is 10.2 Å². The van der Waals surface area contributed by atoms with Gasteiger partial charge in [0.2, 0.25) is 5.91 Å². The molecule has 1 atom stereocenters. The summed E-state index contributed by atoms with van der Waals surface area (Å²) < 4.78 is 8.55. The Kier molecular flexibility index (Phi) is 5.95. The number of nitrogens with one attached hydrogen (secondary N) is 1. The molecule has 6 nitrogen and oxygen atoms in total. The van der Waals surface area contributed by atoms with E-state index < -0.39 is 0 Å². The van der Waals surface area contributed by atoms with E-state index >= 15 is 0 Å². The van der Waals surface area contributed by atoms with Gasteiger partial charge in [-0.05, 0) is 55.5 Å². The molecule has 0 saturated carbocycles. The number of benzene rings is 2. The van der Waals surface area contributed by atoms with Crippen LogP contribution in [0.15, 0.2) is 64.5 Å². The zero-order valence-corrected chi connectivity index (χ0v) is 16.6. The van der Waals surface area contributed by atoms with Crippen LogP contribution in [0.4, 0.5) is 5.69 Å². The van der Waals surface area contributed by atoms with Crippen LogP contribution in [0.5, 0.6) is 11.5 Å². The average molecular weight is 433 g/mol. The topological polar surface area (TPSA) is 69.0 Å². The minimum Gasteiger partial charge on any atom is -0.457 e. The highest BCUT2D eigenvalue weighted by Gasteiger charge is 2.17. The molecule has 0 saturated heterocycles. The molecule has 2 aromatic carbocycles. The number of rotatable bonds is 6. The number of nitrogens with zero attached hydrogens (tertiary/aromatic N) is 3. The Morgan fingerprint density at radius 1 is 1.15 bits per heavy atom. The second kappa shape index (κ2) is 8.37. The number of aryl methyl sites for hydroxylation is 1. The summed E-state index contributed by atoms with van der Waals surface area (Å²) >= 11 is 4.75. The zero-order valence-electron chi connectivity index (χ0n) is 14.2. The molecule has 3 rings (SSSR count). The Labute approximate surface area is 164 Å². The quantitative estimate of drug-likeness (QED) is 0.581. The molecule has 134 valence electrons. The Hall–Kier alpha value is -2.32. The van der Waals surface area contributed by atoms with Crippen molar-refractivity contribution in [1.29, 1.82) is 0 Å². The van der Waals surface area contributed by atoms with Gasteiger partial charge in [0.1, 0.15) is 17.8 Å². The van der Waals surface area contributed by atoms with Gasteiger partial charge in [0, 0.05) is 17.2 Å². The Balaban J connectivity index is 1.57. The highest BCUT2D eigenvalue weighted by molar-refractivity contribution is 9.10. The van der Waals surface area contributed by atoms with Gasteiger partial charge < -0.3 is 14.6 Å². The van der Waals surface area contributed by atoms with Crippen molar-refractivity contribution in [2.75, 3.05) is 5.32 Å². The second-order valence-corrected chi connectivity index (χ2v) is 7.78. The molecule has 3 aromatic rings. The van der Waals surface area contributed by atoms with E-state index in [-0.39, 0.29) is 11.2 Å². The van der Waals surface area contributed by atoms with Crippen molar-refractivity contribution in [2.45, 2.75) is 17.3 Å². The van der Waals surface area contributed by atoms with Crippen molar-refractivity contribution in [1.82, 2.24) is 14.8 Å². The fraction of sp³-hybridized carbons (Fsp3) is 0.167. The summed E-state index contributed by atoms with van der Waals surface area (Å²) in [6.45, 7) is 1.83. The third-order valence-electron chi connectivity index (χ3n) is 3.49. The molecule has 0 bridgehead atoms. The summed E-state index contributed by atoms with van der Waals surface area (Å²) in [5.41, 5.74) is 0.712. The lowest BCUT2D eigenvalue weighted by Gasteiger charge is -2.12. The smallest absolute Gasteiger partial charge is 0.237 e. The van der Waals surface area contributed by atoms with Gasteiger partial charge in [-0.1, -0.05) is 27.7 Å². The van der Waals surface area contributed by atoms with Gasteiger partial charge in [0.25, 0.3) is 0 Å². The van der Waals surface area contributed by atoms with Crippen molar-refractivity contribution in [3.63, 3.8) is 0 Å². The second-order valence-electron chi connectivity index (χ2n) is 5.55. The van der Waals surface area contributed by atoms with Gasteiger partial charge >= 0.3 is 0 Å². The van der Waals surface area contributed by atoms with Crippen LogP contribution in [0.1, 0.15) is 6.92 Å². The Bertz CT molecular complexity index is 881. The van der Waals surface area contributed by atoms with Gasteiger partial charge in [-0.15, -0.1) is 10.2 Å². The molecule has 0 aliphatic rings. The molecular formula is C18H17BrN4O2S. The molecule has 0 aliphatic carbocycles. The first-order chi connectivity index (χ1) is 12.5. The molecular weight excluding hydrogens is 416 g/mol. The van der Waals surface area contributed by atoms with Gasteiger partial charge in [0.05, 0.1) is 5.25 Å². The highest BCUT2D eigenvalue weighted by atomic mass is 79.9. The first-order valence-electron chi connectivity index (χ1n) is 7.86. The number of ether oxygens (including phenoxy) is 1. The summed E-state index contributed by atoms with van der Waals surface area (Å²) in [6.07, 6.45) is 1.61. The summed E-state index contributed by atoms with van der Waals surface area (Å²) in [7, 11) is 1.84. The monoisotopic (exact) mass is 432 g/mol. The van der Waals surface area contributed by atoms with Crippen LogP contribution in [-0.4, -0.2) is 25.9 Å². The van der Waals surface area contributed by atoms with Gasteiger partial charge in [-0.25, -0.2) is 0 Å². The Morgan fingerprint density at radius 2 is 1.77 bits per heavy atom. The predicted molar refractivity (Wildman–Crippen MR) is 106 cm³/mol.